The van der Waals surface area contributed by atoms with Gasteiger partial charge in [0.2, 0.25) is 5.91 Å². The number of nitrogens with one attached hydrogen (secondary N) is 1. The molecule has 0 saturated carbocycles. The summed E-state index contributed by atoms with van der Waals surface area (Å²) in [6.45, 7) is 6.22. The Balaban J connectivity index is 2.53. The van der Waals surface area contributed by atoms with Gasteiger partial charge >= 0.3 is 0 Å². The van der Waals surface area contributed by atoms with Crippen LogP contribution in [0.1, 0.15) is 33.6 Å². The van der Waals surface area contributed by atoms with Gasteiger partial charge in [-0.25, -0.2) is 0 Å². The molecular weight excluding hydrogens is 152 g/mol. The molecule has 0 aromatic rings. The van der Waals surface area contributed by atoms with Gasteiger partial charge < -0.3 is 5.32 Å². The summed E-state index contributed by atoms with van der Waals surface area (Å²) in [5.74, 6) is 1.48. The van der Waals surface area contributed by atoms with Gasteiger partial charge in [-0.2, -0.15) is 0 Å². The first kappa shape index (κ1) is 9.23. The molecule has 68 valence electrons. The molecule has 1 aliphatic rings. The van der Waals surface area contributed by atoms with Crippen molar-refractivity contribution in [1.29, 1.82) is 0 Å². The van der Waals surface area contributed by atoms with Crippen molar-refractivity contribution in [3.8, 4) is 0 Å². The fourth-order valence-corrected chi connectivity index (χ4v) is 1.27. The first-order valence-corrected chi connectivity index (χ1v) is 4.51. The van der Waals surface area contributed by atoms with Crippen LogP contribution in [0.15, 0.2) is 4.99 Å². The average molecular weight is 168 g/mol. The van der Waals surface area contributed by atoms with E-state index >= 15 is 0 Å². The summed E-state index contributed by atoms with van der Waals surface area (Å²) in [4.78, 5) is 15.5. The highest BCUT2D eigenvalue weighted by molar-refractivity contribution is 6.05. The molecular formula is C9H16N2O. The van der Waals surface area contributed by atoms with Crippen LogP contribution in [0.5, 0.6) is 0 Å². The summed E-state index contributed by atoms with van der Waals surface area (Å²) in [6, 6.07) is -0.126. The number of carbonyl (C=O) groups excluding carboxylic acids is 1. The predicted octanol–water partition coefficient (Wildman–Crippen LogP) is 1.34. The monoisotopic (exact) mass is 168 g/mol. The van der Waals surface area contributed by atoms with Gasteiger partial charge in [-0.1, -0.05) is 20.8 Å². The van der Waals surface area contributed by atoms with Crippen LogP contribution in [0, 0.1) is 5.92 Å². The van der Waals surface area contributed by atoms with Crippen molar-refractivity contribution >= 4 is 11.7 Å². The minimum atomic E-state index is -0.126. The van der Waals surface area contributed by atoms with Crippen molar-refractivity contribution in [3.05, 3.63) is 0 Å². The Morgan fingerprint density at radius 2 is 2.25 bits per heavy atom. The van der Waals surface area contributed by atoms with Crippen LogP contribution in [0.4, 0.5) is 0 Å². The normalized spacial score (nSPS) is 22.8. The van der Waals surface area contributed by atoms with Crippen molar-refractivity contribution in [2.45, 2.75) is 39.7 Å². The maximum absolute atomic E-state index is 11.2. The number of nitrogens with zero attached hydrogens (tertiary/aromatic N) is 1. The van der Waals surface area contributed by atoms with E-state index in [2.05, 4.69) is 24.2 Å². The van der Waals surface area contributed by atoms with Gasteiger partial charge in [-0.15, -0.1) is 0 Å². The highest BCUT2D eigenvalue weighted by Gasteiger charge is 2.24. The van der Waals surface area contributed by atoms with Crippen molar-refractivity contribution in [1.82, 2.24) is 5.32 Å². The highest BCUT2D eigenvalue weighted by Crippen LogP contribution is 2.09. The van der Waals surface area contributed by atoms with Gasteiger partial charge in [0, 0.05) is 6.42 Å². The van der Waals surface area contributed by atoms with Crippen LogP contribution < -0.4 is 5.32 Å². The standard InChI is InChI=1S/C9H16N2O/c1-4-7-9(12)11-8(10-7)5-6(2)3/h6-7H,4-5H2,1-3H3,(H,10,11,12). The van der Waals surface area contributed by atoms with Crippen LogP contribution in [-0.4, -0.2) is 17.8 Å². The Hall–Kier alpha value is -0.860. The Morgan fingerprint density at radius 1 is 1.58 bits per heavy atom. The molecule has 0 fully saturated rings. The van der Waals surface area contributed by atoms with E-state index < -0.39 is 0 Å². The third-order valence-electron chi connectivity index (χ3n) is 1.87. The lowest BCUT2D eigenvalue weighted by Gasteiger charge is -2.02. The molecule has 1 atom stereocenters. The first-order chi connectivity index (χ1) is 5.63. The molecule has 0 bridgehead atoms. The smallest absolute Gasteiger partial charge is 0.250 e. The first-order valence-electron chi connectivity index (χ1n) is 4.51. The van der Waals surface area contributed by atoms with Crippen LogP contribution >= 0.6 is 0 Å². The summed E-state index contributed by atoms with van der Waals surface area (Å²) in [5.41, 5.74) is 0. The largest absolute Gasteiger partial charge is 0.313 e. The summed E-state index contributed by atoms with van der Waals surface area (Å²) in [7, 11) is 0. The fraction of sp³-hybridized carbons (Fsp3) is 0.778. The van der Waals surface area contributed by atoms with Crippen molar-refractivity contribution < 1.29 is 4.79 Å². The Kier molecular flexibility index (Phi) is 2.84. The molecule has 3 heteroatoms. The number of amides is 1. The number of hydrogen-bond donors (Lipinski definition) is 1. The third kappa shape index (κ3) is 2.06. The molecule has 12 heavy (non-hydrogen) atoms. The molecule has 1 amide bonds. The number of amidine groups is 1. The SMILES string of the molecule is CCC1N=C(CC(C)C)NC1=O. The van der Waals surface area contributed by atoms with E-state index in [1.54, 1.807) is 0 Å². The molecule has 0 aromatic heterocycles. The van der Waals surface area contributed by atoms with Gasteiger partial charge in [-0.3, -0.25) is 9.79 Å². The van der Waals surface area contributed by atoms with E-state index in [-0.39, 0.29) is 11.9 Å². The second-order valence-corrected chi connectivity index (χ2v) is 3.59. The molecule has 0 radical (unpaired) electrons. The van der Waals surface area contributed by atoms with Gasteiger partial charge in [0.15, 0.2) is 0 Å². The second-order valence-electron chi connectivity index (χ2n) is 3.59. The van der Waals surface area contributed by atoms with Crippen LogP contribution in [-0.2, 0) is 4.79 Å². The van der Waals surface area contributed by atoms with Crippen molar-refractivity contribution in [2.24, 2.45) is 10.9 Å². The maximum Gasteiger partial charge on any atom is 0.250 e. The predicted molar refractivity (Wildman–Crippen MR) is 49.1 cm³/mol. The molecule has 3 nitrogen and oxygen atoms in total. The molecule has 1 aliphatic heterocycles. The lowest BCUT2D eigenvalue weighted by atomic mass is 10.1. The van der Waals surface area contributed by atoms with Crippen molar-refractivity contribution in [2.75, 3.05) is 0 Å². The lowest BCUT2D eigenvalue weighted by molar-refractivity contribution is -0.120. The zero-order valence-corrected chi connectivity index (χ0v) is 7.92. The zero-order valence-electron chi connectivity index (χ0n) is 7.92. The third-order valence-corrected chi connectivity index (χ3v) is 1.87. The topological polar surface area (TPSA) is 41.5 Å². The molecule has 1 heterocycles. The minimum Gasteiger partial charge on any atom is -0.313 e. The number of carbonyl (C=O) groups is 1. The fourth-order valence-electron chi connectivity index (χ4n) is 1.27. The zero-order chi connectivity index (χ0) is 9.14. The molecule has 0 aromatic carbocycles. The molecule has 1 unspecified atom stereocenters. The van der Waals surface area contributed by atoms with E-state index in [0.29, 0.717) is 5.92 Å². The maximum atomic E-state index is 11.2. The van der Waals surface area contributed by atoms with Gasteiger partial charge in [0.25, 0.3) is 0 Å². The molecule has 1 N–H and O–H groups in total. The molecule has 0 spiro atoms. The number of rotatable bonds is 3. The van der Waals surface area contributed by atoms with E-state index in [4.69, 9.17) is 0 Å². The number of hydrogen-bond acceptors (Lipinski definition) is 2. The summed E-state index contributed by atoms with van der Waals surface area (Å²) in [6.07, 6.45) is 1.68. The summed E-state index contributed by atoms with van der Waals surface area (Å²) in [5, 5.41) is 2.80. The van der Waals surface area contributed by atoms with Crippen molar-refractivity contribution in [3.63, 3.8) is 0 Å². The Morgan fingerprint density at radius 3 is 2.67 bits per heavy atom. The van der Waals surface area contributed by atoms with E-state index in [1.165, 1.54) is 0 Å². The van der Waals surface area contributed by atoms with Crippen LogP contribution in [0.2, 0.25) is 0 Å². The van der Waals surface area contributed by atoms with Crippen LogP contribution in [0.3, 0.4) is 0 Å². The highest BCUT2D eigenvalue weighted by atomic mass is 16.2. The minimum absolute atomic E-state index is 0.0631. The second kappa shape index (κ2) is 3.70. The lowest BCUT2D eigenvalue weighted by Crippen LogP contribution is -2.28. The molecule has 0 saturated heterocycles. The van der Waals surface area contributed by atoms with Gasteiger partial charge in [-0.05, 0) is 12.3 Å². The van der Waals surface area contributed by atoms with Gasteiger partial charge in [0.05, 0.1) is 0 Å². The molecule has 1 rings (SSSR count). The van der Waals surface area contributed by atoms with Crippen LogP contribution in [0.25, 0.3) is 0 Å². The summed E-state index contributed by atoms with van der Waals surface area (Å²) < 4.78 is 0. The molecule has 0 aliphatic carbocycles. The average Bonchev–Trinajstić information content (AvgIpc) is 2.29. The Bertz CT molecular complexity index is 209. The number of aliphatic imine (C=N–C) groups is 1. The van der Waals surface area contributed by atoms with E-state index in [9.17, 15) is 4.79 Å². The van der Waals surface area contributed by atoms with E-state index in [1.807, 2.05) is 6.92 Å². The Labute approximate surface area is 73.3 Å². The quantitative estimate of drug-likeness (QED) is 0.678. The van der Waals surface area contributed by atoms with E-state index in [0.717, 1.165) is 18.7 Å². The van der Waals surface area contributed by atoms with Gasteiger partial charge in [0.1, 0.15) is 11.9 Å². The summed E-state index contributed by atoms with van der Waals surface area (Å²) >= 11 is 0.